The van der Waals surface area contributed by atoms with Crippen molar-refractivity contribution in [2.75, 3.05) is 6.61 Å². The van der Waals surface area contributed by atoms with E-state index in [0.717, 1.165) is 11.1 Å². The summed E-state index contributed by atoms with van der Waals surface area (Å²) in [5, 5.41) is 0.599. The summed E-state index contributed by atoms with van der Waals surface area (Å²) in [7, 11) is 0. The third-order valence-corrected chi connectivity index (χ3v) is 4.77. The summed E-state index contributed by atoms with van der Waals surface area (Å²) < 4.78 is 10.8. The number of benzene rings is 3. The van der Waals surface area contributed by atoms with Crippen LogP contribution in [0.1, 0.15) is 21.5 Å². The van der Waals surface area contributed by atoms with E-state index in [2.05, 4.69) is 10.9 Å². The Morgan fingerprint density at radius 3 is 2.41 bits per heavy atom. The Balaban J connectivity index is 1.35. The second-order valence-electron chi connectivity index (χ2n) is 7.05. The van der Waals surface area contributed by atoms with Crippen molar-refractivity contribution in [1.29, 1.82) is 0 Å². The van der Waals surface area contributed by atoms with Gasteiger partial charge in [-0.1, -0.05) is 66.7 Å². The number of carbonyl (C=O) groups excluding carboxylic acids is 2. The van der Waals surface area contributed by atoms with Crippen LogP contribution in [0.15, 0.2) is 94.1 Å². The number of amides is 2. The predicted octanol–water partition coefficient (Wildman–Crippen LogP) is 3.22. The summed E-state index contributed by atoms with van der Waals surface area (Å²) in [6.07, 6.45) is 0.660. The van der Waals surface area contributed by atoms with Crippen LogP contribution in [0.3, 0.4) is 0 Å². The van der Waals surface area contributed by atoms with Crippen LogP contribution < -0.4 is 21.2 Å². The smallest absolute Gasteiger partial charge is 0.349 e. The van der Waals surface area contributed by atoms with Crippen LogP contribution in [0.25, 0.3) is 11.0 Å². The van der Waals surface area contributed by atoms with Gasteiger partial charge in [-0.2, -0.15) is 0 Å². The van der Waals surface area contributed by atoms with Crippen LogP contribution in [0.4, 0.5) is 0 Å². The average molecular weight is 428 g/mol. The second kappa shape index (κ2) is 9.61. The number of nitrogens with one attached hydrogen (secondary N) is 2. The van der Waals surface area contributed by atoms with Crippen LogP contribution in [0.5, 0.6) is 5.75 Å². The molecule has 1 heterocycles. The van der Waals surface area contributed by atoms with Crippen molar-refractivity contribution in [1.82, 2.24) is 10.9 Å². The first-order chi connectivity index (χ1) is 15.6. The van der Waals surface area contributed by atoms with Crippen molar-refractivity contribution in [2.45, 2.75) is 6.42 Å². The molecule has 0 spiro atoms. The maximum atomic E-state index is 12.3. The fourth-order valence-corrected chi connectivity index (χ4v) is 3.20. The van der Waals surface area contributed by atoms with Crippen molar-refractivity contribution in [3.05, 3.63) is 112 Å². The molecule has 4 aromatic rings. The van der Waals surface area contributed by atoms with Gasteiger partial charge >= 0.3 is 5.63 Å². The highest BCUT2D eigenvalue weighted by Gasteiger charge is 2.15. The van der Waals surface area contributed by atoms with E-state index in [1.54, 1.807) is 30.3 Å². The van der Waals surface area contributed by atoms with E-state index in [-0.39, 0.29) is 12.2 Å². The minimum atomic E-state index is -0.790. The Hall–Kier alpha value is -4.39. The number of carbonyl (C=O) groups is 2. The van der Waals surface area contributed by atoms with Crippen molar-refractivity contribution in [3.63, 3.8) is 0 Å². The fourth-order valence-electron chi connectivity index (χ4n) is 3.20. The Kier molecular flexibility index (Phi) is 6.27. The van der Waals surface area contributed by atoms with Gasteiger partial charge < -0.3 is 9.15 Å². The fraction of sp³-hybridized carbons (Fsp3) is 0.0800. The zero-order valence-electron chi connectivity index (χ0n) is 17.0. The summed E-state index contributed by atoms with van der Waals surface area (Å²) in [6.45, 7) is -0.307. The lowest BCUT2D eigenvalue weighted by Gasteiger charge is -2.12. The van der Waals surface area contributed by atoms with Gasteiger partial charge in [0.25, 0.3) is 11.8 Å². The number of para-hydroxylation sites is 2. The predicted molar refractivity (Wildman–Crippen MR) is 119 cm³/mol. The Bertz CT molecular complexity index is 1310. The largest absolute Gasteiger partial charge is 0.483 e. The van der Waals surface area contributed by atoms with E-state index in [0.29, 0.717) is 23.1 Å². The topological polar surface area (TPSA) is 97.6 Å². The molecule has 0 aliphatic heterocycles. The lowest BCUT2D eigenvalue weighted by Crippen LogP contribution is -2.45. The minimum absolute atomic E-state index is 0.210. The van der Waals surface area contributed by atoms with E-state index in [4.69, 9.17) is 9.15 Å². The third-order valence-electron chi connectivity index (χ3n) is 4.77. The molecule has 0 fully saturated rings. The van der Waals surface area contributed by atoms with E-state index in [1.807, 2.05) is 48.5 Å². The molecule has 160 valence electrons. The van der Waals surface area contributed by atoms with Gasteiger partial charge in [-0.25, -0.2) is 4.79 Å². The summed E-state index contributed by atoms with van der Waals surface area (Å²) >= 11 is 0. The number of hydrogen-bond acceptors (Lipinski definition) is 5. The van der Waals surface area contributed by atoms with Gasteiger partial charge in [-0.15, -0.1) is 0 Å². The van der Waals surface area contributed by atoms with Gasteiger partial charge in [-0.05, 0) is 29.3 Å². The maximum absolute atomic E-state index is 12.3. The van der Waals surface area contributed by atoms with E-state index < -0.39 is 17.4 Å². The molecule has 2 N–H and O–H groups in total. The molecule has 0 saturated heterocycles. The van der Waals surface area contributed by atoms with Crippen molar-refractivity contribution in [3.8, 4) is 5.75 Å². The zero-order chi connectivity index (χ0) is 22.3. The summed E-state index contributed by atoms with van der Waals surface area (Å²) in [6, 6.07) is 25.6. The van der Waals surface area contributed by atoms with Gasteiger partial charge in [0.2, 0.25) is 0 Å². The van der Waals surface area contributed by atoms with Gasteiger partial charge in [0.05, 0.1) is 0 Å². The van der Waals surface area contributed by atoms with Gasteiger partial charge in [-0.3, -0.25) is 20.4 Å². The highest BCUT2D eigenvalue weighted by atomic mass is 16.5. The molecule has 0 radical (unpaired) electrons. The molecule has 0 saturated carbocycles. The zero-order valence-corrected chi connectivity index (χ0v) is 17.0. The summed E-state index contributed by atoms with van der Waals surface area (Å²) in [5.74, 6) is -0.770. The molecule has 0 atom stereocenters. The average Bonchev–Trinajstić information content (AvgIpc) is 2.82. The number of hydrazine groups is 1. The molecule has 0 bridgehead atoms. The first-order valence-corrected chi connectivity index (χ1v) is 9.97. The van der Waals surface area contributed by atoms with Crippen LogP contribution in [-0.2, 0) is 11.2 Å². The summed E-state index contributed by atoms with van der Waals surface area (Å²) in [5.41, 5.74) is 5.90. The standard InChI is InChI=1S/C25H20N2O5/c28-23(16-31-21-12-6-4-10-18(21)14-17-8-2-1-3-9-17)26-27-24(29)20-15-19-11-5-7-13-22(19)32-25(20)30/h1-13,15H,14,16H2,(H,26,28)(H,27,29). The number of hydrogen-bond donors (Lipinski definition) is 2. The molecule has 0 unspecified atom stereocenters. The highest BCUT2D eigenvalue weighted by molar-refractivity contribution is 5.97. The third kappa shape index (κ3) is 5.02. The first-order valence-electron chi connectivity index (χ1n) is 9.97. The quantitative estimate of drug-likeness (QED) is 0.363. The van der Waals surface area contributed by atoms with Crippen molar-refractivity contribution >= 4 is 22.8 Å². The van der Waals surface area contributed by atoms with E-state index in [1.165, 1.54) is 6.07 Å². The van der Waals surface area contributed by atoms with Gasteiger partial charge in [0.15, 0.2) is 6.61 Å². The monoisotopic (exact) mass is 428 g/mol. The van der Waals surface area contributed by atoms with Crippen molar-refractivity contribution < 1.29 is 18.7 Å². The molecule has 2 amide bonds. The number of rotatable bonds is 6. The molecule has 7 heteroatoms. The second-order valence-corrected chi connectivity index (χ2v) is 7.05. The molecule has 0 aliphatic rings. The van der Waals surface area contributed by atoms with E-state index in [9.17, 15) is 14.4 Å². The number of fused-ring (bicyclic) bond motifs is 1. The van der Waals surface area contributed by atoms with Crippen molar-refractivity contribution in [2.24, 2.45) is 0 Å². The van der Waals surface area contributed by atoms with Crippen LogP contribution in [0, 0.1) is 0 Å². The lowest BCUT2D eigenvalue weighted by atomic mass is 10.0. The molecule has 7 nitrogen and oxygen atoms in total. The molecule has 0 aliphatic carbocycles. The number of ether oxygens (including phenoxy) is 1. The highest BCUT2D eigenvalue weighted by Crippen LogP contribution is 2.21. The van der Waals surface area contributed by atoms with Gasteiger partial charge in [0, 0.05) is 11.8 Å². The normalized spacial score (nSPS) is 10.5. The van der Waals surface area contributed by atoms with Crippen LogP contribution in [0.2, 0.25) is 0 Å². The minimum Gasteiger partial charge on any atom is -0.483 e. The lowest BCUT2D eigenvalue weighted by molar-refractivity contribution is -0.123. The van der Waals surface area contributed by atoms with Gasteiger partial charge in [0.1, 0.15) is 16.9 Å². The van der Waals surface area contributed by atoms with Crippen LogP contribution >= 0.6 is 0 Å². The molecular formula is C25H20N2O5. The van der Waals surface area contributed by atoms with Crippen LogP contribution in [-0.4, -0.2) is 18.4 Å². The molecule has 3 aromatic carbocycles. The summed E-state index contributed by atoms with van der Waals surface area (Å²) in [4.78, 5) is 36.5. The Morgan fingerprint density at radius 1 is 0.844 bits per heavy atom. The molecule has 1 aromatic heterocycles. The first kappa shape index (κ1) is 20.9. The molecular weight excluding hydrogens is 408 g/mol. The molecule has 4 rings (SSSR count). The Labute approximate surface area is 183 Å². The molecule has 32 heavy (non-hydrogen) atoms. The Morgan fingerprint density at radius 2 is 1.56 bits per heavy atom. The maximum Gasteiger partial charge on any atom is 0.349 e. The SMILES string of the molecule is O=C(COc1ccccc1Cc1ccccc1)NNC(=O)c1cc2ccccc2oc1=O. The van der Waals surface area contributed by atoms with E-state index >= 15 is 0 Å².